The van der Waals surface area contributed by atoms with Crippen LogP contribution >= 0.6 is 23.0 Å². The number of ether oxygens (including phenoxy) is 6. The fourth-order valence-corrected chi connectivity index (χ4v) is 13.3. The Morgan fingerprint density at radius 3 is 0.863 bits per heavy atom. The van der Waals surface area contributed by atoms with Crippen LogP contribution in [-0.4, -0.2) is 101 Å². The lowest BCUT2D eigenvalue weighted by Crippen LogP contribution is -2.13. The number of nitrogens with zero attached hydrogens (tertiary/aromatic N) is 3. The second kappa shape index (κ2) is 23.1. The largest absolute Gasteiger partial charge is 0.422 e. The van der Waals surface area contributed by atoms with E-state index in [1.165, 1.54) is 0 Å². The van der Waals surface area contributed by atoms with Crippen molar-refractivity contribution in [2.45, 2.75) is 0 Å². The van der Waals surface area contributed by atoms with Crippen LogP contribution in [0.4, 0.5) is 0 Å². The van der Waals surface area contributed by atoms with Crippen LogP contribution in [0.25, 0.3) is 0 Å². The van der Waals surface area contributed by atoms with Gasteiger partial charge >= 0.3 is 23.0 Å². The first-order valence-electron chi connectivity index (χ1n) is 16.3. The molecule has 0 bridgehead atoms. The Hall–Kier alpha value is -2.61. The van der Waals surface area contributed by atoms with E-state index in [1.54, 1.807) is 57.7 Å². The molecule has 0 radical (unpaired) electrons. The first-order chi connectivity index (χ1) is 25.0. The highest BCUT2D eigenvalue weighted by Gasteiger charge is 2.46. The lowest BCUT2D eigenvalue weighted by atomic mass is 10.3. The molecule has 0 N–H and O–H groups in total. The fraction of sp³-hybridized carbons (Fsp3) is 0.455. The van der Waals surface area contributed by atoms with Crippen molar-refractivity contribution in [2.75, 3.05) is 101 Å². The fourth-order valence-electron chi connectivity index (χ4n) is 4.06. The normalized spacial score (nSPS) is 21.2. The third-order valence-corrected chi connectivity index (χ3v) is 14.7. The van der Waals surface area contributed by atoms with Crippen LogP contribution < -0.4 is 13.6 Å². The molecule has 1 heterocycles. The summed E-state index contributed by atoms with van der Waals surface area (Å²) in [6, 6.07) is 27.3. The number of hydrogen-bond acceptors (Lipinski definition) is 15. The zero-order valence-corrected chi connectivity index (χ0v) is 31.9. The van der Waals surface area contributed by atoms with Gasteiger partial charge in [-0.3, -0.25) is 13.6 Å². The van der Waals surface area contributed by atoms with Gasteiger partial charge in [-0.2, -0.15) is 0 Å². The molecule has 0 saturated carbocycles. The Bertz CT molecular complexity index is 1350. The summed E-state index contributed by atoms with van der Waals surface area (Å²) < 4.78 is 87.2. The molecule has 51 heavy (non-hydrogen) atoms. The molecule has 18 heteroatoms. The van der Waals surface area contributed by atoms with E-state index in [0.717, 1.165) is 0 Å². The second-order valence-electron chi connectivity index (χ2n) is 10.3. The molecule has 0 saturated heterocycles. The van der Waals surface area contributed by atoms with Gasteiger partial charge in [0, 0.05) is 21.3 Å². The van der Waals surface area contributed by atoms with Gasteiger partial charge in [0.15, 0.2) is 0 Å². The maximum Gasteiger partial charge on any atom is 0.404 e. The number of methoxy groups -OCH3 is 3. The zero-order chi connectivity index (χ0) is 35.9. The summed E-state index contributed by atoms with van der Waals surface area (Å²) in [4.78, 5) is 0. The minimum absolute atomic E-state index is 0.0499. The predicted octanol–water partition coefficient (Wildman–Crippen LogP) is 8.11. The quantitative estimate of drug-likeness (QED) is 0.0545. The monoisotopic (exact) mass is 771 g/mol. The standard InChI is InChI=1S/C33H48N3O12P3/c1-37-19-22-40-25-28-43-49(46-31-13-7-4-8-14-31)34-50(44-29-26-41-23-20-38-2,47-32-15-9-5-10-16-32)36-51(35-49,45-30-27-42-24-21-39-3)48-33-17-11-6-12-18-33/h4-18H,19-30H2,1-3H3. The third-order valence-electron chi connectivity index (χ3n) is 6.34. The minimum atomic E-state index is -3.80. The molecule has 3 aromatic rings. The van der Waals surface area contributed by atoms with E-state index >= 15 is 0 Å². The summed E-state index contributed by atoms with van der Waals surface area (Å²) in [6.45, 7) is 3.13. The van der Waals surface area contributed by atoms with Crippen LogP contribution in [0, 0.1) is 0 Å². The molecular weight excluding hydrogens is 723 g/mol. The van der Waals surface area contributed by atoms with Gasteiger partial charge in [-0.25, -0.2) is 0 Å². The number of benzene rings is 3. The SMILES string of the molecule is COCCOCCOP1(Oc2ccccc2)=NP(OCCOCCOC)(Oc2ccccc2)=NP(OCCOCCOC)(Oc2ccccc2)=N1. The summed E-state index contributed by atoms with van der Waals surface area (Å²) in [7, 11) is -6.57. The Morgan fingerprint density at radius 2 is 0.608 bits per heavy atom. The Morgan fingerprint density at radius 1 is 0.353 bits per heavy atom. The zero-order valence-electron chi connectivity index (χ0n) is 29.2. The van der Waals surface area contributed by atoms with Gasteiger partial charge in [-0.15, -0.1) is 13.5 Å². The molecule has 0 spiro atoms. The molecule has 0 amide bonds. The van der Waals surface area contributed by atoms with Crippen molar-refractivity contribution in [1.29, 1.82) is 0 Å². The van der Waals surface area contributed by atoms with Gasteiger partial charge in [0.1, 0.15) is 17.2 Å². The lowest BCUT2D eigenvalue weighted by Gasteiger charge is -2.33. The van der Waals surface area contributed by atoms with Gasteiger partial charge in [0.25, 0.3) is 0 Å². The van der Waals surface area contributed by atoms with Crippen LogP contribution in [0.15, 0.2) is 105 Å². The number of rotatable bonds is 27. The van der Waals surface area contributed by atoms with Crippen LogP contribution in [0.3, 0.4) is 0 Å². The minimum Gasteiger partial charge on any atom is -0.422 e. The smallest absolute Gasteiger partial charge is 0.404 e. The van der Waals surface area contributed by atoms with Crippen molar-refractivity contribution in [3.63, 3.8) is 0 Å². The second-order valence-corrected chi connectivity index (χ2v) is 16.7. The highest BCUT2D eigenvalue weighted by atomic mass is 31.3. The van der Waals surface area contributed by atoms with Crippen LogP contribution in [0.5, 0.6) is 17.2 Å². The van der Waals surface area contributed by atoms with Gasteiger partial charge in [-0.05, 0) is 36.4 Å². The summed E-state index contributed by atoms with van der Waals surface area (Å²) >= 11 is 0. The van der Waals surface area contributed by atoms with Crippen molar-refractivity contribution in [1.82, 2.24) is 0 Å². The summed E-state index contributed by atoms with van der Waals surface area (Å²) in [5.74, 6) is 1.34. The third kappa shape index (κ3) is 14.7. The molecular formula is C33H48N3O12P3. The number of para-hydroxylation sites is 3. The molecule has 1 aliphatic rings. The van der Waals surface area contributed by atoms with Crippen LogP contribution in [-0.2, 0) is 42.0 Å². The molecule has 282 valence electrons. The van der Waals surface area contributed by atoms with Gasteiger partial charge in [0.05, 0.1) is 79.3 Å². The maximum absolute atomic E-state index is 6.63. The van der Waals surface area contributed by atoms with E-state index in [0.29, 0.717) is 56.9 Å². The van der Waals surface area contributed by atoms with E-state index in [-0.39, 0.29) is 39.6 Å². The number of hydrogen-bond donors (Lipinski definition) is 0. The van der Waals surface area contributed by atoms with E-state index in [4.69, 9.17) is 69.1 Å². The highest BCUT2D eigenvalue weighted by Crippen LogP contribution is 2.79. The maximum atomic E-state index is 6.63. The molecule has 1 aliphatic heterocycles. The van der Waals surface area contributed by atoms with Crippen molar-refractivity contribution in [3.05, 3.63) is 91.0 Å². The van der Waals surface area contributed by atoms with Crippen LogP contribution in [0.2, 0.25) is 0 Å². The van der Waals surface area contributed by atoms with Crippen molar-refractivity contribution >= 4 is 23.0 Å². The molecule has 3 aromatic carbocycles. The summed E-state index contributed by atoms with van der Waals surface area (Å²) in [5.41, 5.74) is 0. The van der Waals surface area contributed by atoms with E-state index < -0.39 is 23.0 Å². The summed E-state index contributed by atoms with van der Waals surface area (Å²) in [6.07, 6.45) is 0. The highest BCUT2D eigenvalue weighted by molar-refractivity contribution is 7.78. The molecule has 0 unspecified atom stereocenters. The topological polar surface area (TPSA) is 148 Å². The molecule has 0 aliphatic carbocycles. The van der Waals surface area contributed by atoms with Gasteiger partial charge in [-0.1, -0.05) is 54.6 Å². The molecule has 0 atom stereocenters. The Kier molecular flexibility index (Phi) is 18.7. The Labute approximate surface area is 300 Å². The predicted molar refractivity (Wildman–Crippen MR) is 195 cm³/mol. The molecule has 0 fully saturated rings. The van der Waals surface area contributed by atoms with E-state index in [9.17, 15) is 0 Å². The lowest BCUT2D eigenvalue weighted by molar-refractivity contribution is 0.0528. The van der Waals surface area contributed by atoms with E-state index in [1.807, 2.05) is 54.6 Å². The first-order valence-corrected chi connectivity index (χ1v) is 20.9. The van der Waals surface area contributed by atoms with Crippen molar-refractivity contribution in [2.24, 2.45) is 13.5 Å². The summed E-state index contributed by atoms with van der Waals surface area (Å²) in [5, 5.41) is 0. The molecule has 4 rings (SSSR count). The van der Waals surface area contributed by atoms with Gasteiger partial charge < -0.3 is 42.0 Å². The van der Waals surface area contributed by atoms with E-state index in [2.05, 4.69) is 0 Å². The van der Waals surface area contributed by atoms with Gasteiger partial charge in [0.2, 0.25) is 0 Å². The Balaban J connectivity index is 1.88. The van der Waals surface area contributed by atoms with Crippen molar-refractivity contribution in [3.8, 4) is 17.2 Å². The van der Waals surface area contributed by atoms with Crippen molar-refractivity contribution < 1.29 is 55.6 Å². The molecule has 15 nitrogen and oxygen atoms in total. The first kappa shape index (κ1) is 41.2. The molecule has 0 aromatic heterocycles. The average molecular weight is 772 g/mol. The average Bonchev–Trinajstić information content (AvgIpc) is 3.14. The van der Waals surface area contributed by atoms with Crippen LogP contribution in [0.1, 0.15) is 0 Å².